The molecule has 0 saturated carbocycles. The average Bonchev–Trinajstić information content (AvgIpc) is 2.65. The van der Waals surface area contributed by atoms with Crippen LogP contribution < -0.4 is 10.1 Å². The second-order valence-electron chi connectivity index (χ2n) is 7.74. The van der Waals surface area contributed by atoms with Gasteiger partial charge in [0.05, 0.1) is 18.7 Å². The van der Waals surface area contributed by atoms with Crippen LogP contribution in [0.3, 0.4) is 0 Å². The molecule has 0 spiro atoms. The van der Waals surface area contributed by atoms with Crippen molar-refractivity contribution >= 4 is 17.8 Å². The number of methoxy groups -OCH3 is 1. The molecule has 2 aromatic carbocycles. The standard InChI is InChI=1S/C22H25NO5/c1-22(2,3)28-21(25)27-17-9-11-19-15(13-17)8-10-18(23-19)14-6-5-7-16(12-14)20(24)26-4/h5-7,9,11-13,18,23H,8,10H2,1-4H3. The summed E-state index contributed by atoms with van der Waals surface area (Å²) in [6.07, 6.45) is 0.961. The van der Waals surface area contributed by atoms with Crippen LogP contribution in [-0.4, -0.2) is 24.8 Å². The Kier molecular flexibility index (Phi) is 5.58. The summed E-state index contributed by atoms with van der Waals surface area (Å²) in [5, 5.41) is 3.49. The Morgan fingerprint density at radius 1 is 1.11 bits per heavy atom. The molecule has 6 nitrogen and oxygen atoms in total. The third kappa shape index (κ3) is 4.82. The number of carbonyl (C=O) groups excluding carboxylic acids is 2. The van der Waals surface area contributed by atoms with Crippen molar-refractivity contribution in [2.24, 2.45) is 0 Å². The van der Waals surface area contributed by atoms with Gasteiger partial charge < -0.3 is 19.5 Å². The SMILES string of the molecule is COC(=O)c1cccc(C2CCc3cc(OC(=O)OC(C)(C)C)ccc3N2)c1. The van der Waals surface area contributed by atoms with Crippen LogP contribution in [0.1, 0.15) is 54.7 Å². The van der Waals surface area contributed by atoms with Gasteiger partial charge in [-0.1, -0.05) is 12.1 Å². The Balaban J connectivity index is 1.71. The molecule has 1 aliphatic heterocycles. The summed E-state index contributed by atoms with van der Waals surface area (Å²) in [4.78, 5) is 23.6. The highest BCUT2D eigenvalue weighted by Gasteiger charge is 2.22. The number of nitrogens with one attached hydrogen (secondary N) is 1. The Morgan fingerprint density at radius 2 is 1.89 bits per heavy atom. The van der Waals surface area contributed by atoms with Crippen molar-refractivity contribution in [1.29, 1.82) is 0 Å². The molecule has 1 atom stereocenters. The van der Waals surface area contributed by atoms with Gasteiger partial charge in [-0.2, -0.15) is 0 Å². The summed E-state index contributed by atoms with van der Waals surface area (Å²) in [5.74, 6) is 0.114. The van der Waals surface area contributed by atoms with Crippen LogP contribution in [0.25, 0.3) is 0 Å². The third-order valence-corrected chi connectivity index (χ3v) is 4.41. The minimum absolute atomic E-state index is 0.0923. The molecule has 3 rings (SSSR count). The van der Waals surface area contributed by atoms with Gasteiger partial charge in [-0.15, -0.1) is 0 Å². The van der Waals surface area contributed by atoms with Crippen molar-refractivity contribution in [3.05, 3.63) is 59.2 Å². The molecular weight excluding hydrogens is 358 g/mol. The van der Waals surface area contributed by atoms with E-state index in [4.69, 9.17) is 14.2 Å². The Morgan fingerprint density at radius 3 is 2.61 bits per heavy atom. The van der Waals surface area contributed by atoms with Gasteiger partial charge in [0.2, 0.25) is 0 Å². The summed E-state index contributed by atoms with van der Waals surface area (Å²) < 4.78 is 15.3. The number of hydrogen-bond acceptors (Lipinski definition) is 6. The number of rotatable bonds is 3. The summed E-state index contributed by atoms with van der Waals surface area (Å²) in [6, 6.07) is 13.0. The molecule has 0 amide bonds. The molecule has 0 aliphatic carbocycles. The van der Waals surface area contributed by atoms with E-state index in [1.807, 2.05) is 30.3 Å². The van der Waals surface area contributed by atoms with Crippen molar-refractivity contribution in [3.8, 4) is 5.75 Å². The lowest BCUT2D eigenvalue weighted by Gasteiger charge is -2.28. The molecule has 1 heterocycles. The largest absolute Gasteiger partial charge is 0.514 e. The minimum Gasteiger partial charge on any atom is -0.465 e. The molecule has 0 bridgehead atoms. The normalized spacial score (nSPS) is 15.8. The van der Waals surface area contributed by atoms with E-state index in [2.05, 4.69) is 5.32 Å². The van der Waals surface area contributed by atoms with Crippen LogP contribution in [0, 0.1) is 0 Å². The van der Waals surface area contributed by atoms with Crippen LogP contribution in [0.4, 0.5) is 10.5 Å². The summed E-state index contributed by atoms with van der Waals surface area (Å²) in [7, 11) is 1.38. The Bertz CT molecular complexity index is 885. The second-order valence-corrected chi connectivity index (χ2v) is 7.74. The van der Waals surface area contributed by atoms with Gasteiger partial charge in [0, 0.05) is 5.69 Å². The van der Waals surface area contributed by atoms with E-state index in [1.165, 1.54) is 7.11 Å². The fourth-order valence-electron chi connectivity index (χ4n) is 3.16. The number of benzene rings is 2. The third-order valence-electron chi connectivity index (χ3n) is 4.41. The van der Waals surface area contributed by atoms with E-state index >= 15 is 0 Å². The number of carbonyl (C=O) groups is 2. The Hall–Kier alpha value is -3.02. The van der Waals surface area contributed by atoms with E-state index in [9.17, 15) is 9.59 Å². The monoisotopic (exact) mass is 383 g/mol. The highest BCUT2D eigenvalue weighted by molar-refractivity contribution is 5.89. The average molecular weight is 383 g/mol. The number of anilines is 1. The number of hydrogen-bond donors (Lipinski definition) is 1. The van der Waals surface area contributed by atoms with Gasteiger partial charge in [-0.3, -0.25) is 0 Å². The van der Waals surface area contributed by atoms with Crippen LogP contribution in [0.15, 0.2) is 42.5 Å². The zero-order valence-electron chi connectivity index (χ0n) is 16.6. The molecule has 1 aliphatic rings. The predicted molar refractivity (Wildman–Crippen MR) is 106 cm³/mol. The summed E-state index contributed by atoms with van der Waals surface area (Å²) >= 11 is 0. The molecule has 0 aromatic heterocycles. The molecule has 0 fully saturated rings. The topological polar surface area (TPSA) is 73.9 Å². The lowest BCUT2D eigenvalue weighted by Crippen LogP contribution is -2.26. The van der Waals surface area contributed by atoms with Crippen molar-refractivity contribution < 1.29 is 23.8 Å². The van der Waals surface area contributed by atoms with Crippen molar-refractivity contribution in [3.63, 3.8) is 0 Å². The fraction of sp³-hybridized carbons (Fsp3) is 0.364. The van der Waals surface area contributed by atoms with Crippen LogP contribution >= 0.6 is 0 Å². The van der Waals surface area contributed by atoms with Crippen LogP contribution in [-0.2, 0) is 15.9 Å². The number of fused-ring (bicyclic) bond motifs is 1. The van der Waals surface area contributed by atoms with E-state index in [0.29, 0.717) is 11.3 Å². The van der Waals surface area contributed by atoms with E-state index in [-0.39, 0.29) is 12.0 Å². The molecule has 2 aromatic rings. The van der Waals surface area contributed by atoms with Gasteiger partial charge in [0.25, 0.3) is 0 Å². The maximum Gasteiger partial charge on any atom is 0.514 e. The second kappa shape index (κ2) is 7.92. The van der Waals surface area contributed by atoms with Gasteiger partial charge in [0.15, 0.2) is 0 Å². The summed E-state index contributed by atoms with van der Waals surface area (Å²) in [5.41, 5.74) is 3.02. The fourth-order valence-corrected chi connectivity index (χ4v) is 3.16. The van der Waals surface area contributed by atoms with Crippen molar-refractivity contribution in [2.45, 2.75) is 45.3 Å². The Labute approximate surface area is 164 Å². The maximum atomic E-state index is 11.8. The van der Waals surface area contributed by atoms with Gasteiger partial charge in [-0.05, 0) is 75.1 Å². The first-order valence-electron chi connectivity index (χ1n) is 9.24. The van der Waals surface area contributed by atoms with Crippen LogP contribution in [0.2, 0.25) is 0 Å². The summed E-state index contributed by atoms with van der Waals surface area (Å²) in [6.45, 7) is 5.38. The van der Waals surface area contributed by atoms with E-state index < -0.39 is 11.8 Å². The molecule has 0 radical (unpaired) electrons. The zero-order chi connectivity index (χ0) is 20.3. The number of aryl methyl sites for hydroxylation is 1. The minimum atomic E-state index is -0.714. The van der Waals surface area contributed by atoms with Gasteiger partial charge in [0.1, 0.15) is 11.4 Å². The van der Waals surface area contributed by atoms with Crippen molar-refractivity contribution in [2.75, 3.05) is 12.4 Å². The molecule has 148 valence electrons. The number of ether oxygens (including phenoxy) is 3. The highest BCUT2D eigenvalue weighted by Crippen LogP contribution is 2.35. The predicted octanol–water partition coefficient (Wildman–Crippen LogP) is 4.89. The zero-order valence-corrected chi connectivity index (χ0v) is 16.6. The van der Waals surface area contributed by atoms with E-state index in [1.54, 1.807) is 32.9 Å². The molecule has 1 N–H and O–H groups in total. The lowest BCUT2D eigenvalue weighted by atomic mass is 9.92. The maximum absolute atomic E-state index is 11.8. The molecule has 28 heavy (non-hydrogen) atoms. The van der Waals surface area contributed by atoms with Crippen LogP contribution in [0.5, 0.6) is 5.75 Å². The molecule has 0 saturated heterocycles. The van der Waals surface area contributed by atoms with Gasteiger partial charge in [-0.25, -0.2) is 9.59 Å². The smallest absolute Gasteiger partial charge is 0.465 e. The molecule has 6 heteroatoms. The number of esters is 1. The van der Waals surface area contributed by atoms with E-state index in [0.717, 1.165) is 29.7 Å². The highest BCUT2D eigenvalue weighted by atomic mass is 16.7. The molecular formula is C22H25NO5. The molecule has 1 unspecified atom stereocenters. The lowest BCUT2D eigenvalue weighted by molar-refractivity contribution is 0.0206. The van der Waals surface area contributed by atoms with Crippen molar-refractivity contribution in [1.82, 2.24) is 0 Å². The first kappa shape index (κ1) is 19.7. The first-order valence-corrected chi connectivity index (χ1v) is 9.24. The quantitative estimate of drug-likeness (QED) is 0.601. The van der Waals surface area contributed by atoms with Gasteiger partial charge >= 0.3 is 12.1 Å². The first-order chi connectivity index (χ1) is 13.2.